The van der Waals surface area contributed by atoms with Gasteiger partial charge in [-0.25, -0.2) is 0 Å². The third-order valence-corrected chi connectivity index (χ3v) is 2.57. The van der Waals surface area contributed by atoms with E-state index < -0.39 is 0 Å². The average Bonchev–Trinajstić information content (AvgIpc) is 2.32. The van der Waals surface area contributed by atoms with Crippen molar-refractivity contribution >= 4 is 27.5 Å². The summed E-state index contributed by atoms with van der Waals surface area (Å²) in [5, 5.41) is 5.80. The number of hydrogen-bond donors (Lipinski definition) is 2. The van der Waals surface area contributed by atoms with Gasteiger partial charge in [-0.3, -0.25) is 4.79 Å². The van der Waals surface area contributed by atoms with Crippen LogP contribution in [-0.4, -0.2) is 32.2 Å². The first-order valence-electron chi connectivity index (χ1n) is 5.56. The summed E-state index contributed by atoms with van der Waals surface area (Å²) in [7, 11) is 0. The van der Waals surface area contributed by atoms with Gasteiger partial charge < -0.3 is 15.4 Å². The highest BCUT2D eigenvalue weighted by molar-refractivity contribution is 9.10. The zero-order chi connectivity index (χ0) is 12.5. The predicted molar refractivity (Wildman–Crippen MR) is 72.1 cm³/mol. The molecule has 0 saturated heterocycles. The Morgan fingerprint density at radius 3 is 2.71 bits per heavy atom. The maximum Gasteiger partial charge on any atom is 0.238 e. The Morgan fingerprint density at radius 2 is 2.06 bits per heavy atom. The van der Waals surface area contributed by atoms with Crippen LogP contribution >= 0.6 is 15.9 Å². The average molecular weight is 301 g/mol. The SMILES string of the molecule is CCOCCNCC(=O)Nc1ccc(Br)cc1. The highest BCUT2D eigenvalue weighted by Gasteiger charge is 2.01. The Hall–Kier alpha value is -0.910. The van der Waals surface area contributed by atoms with Crippen LogP contribution < -0.4 is 10.6 Å². The summed E-state index contributed by atoms with van der Waals surface area (Å²) in [6.45, 7) is 4.25. The lowest BCUT2D eigenvalue weighted by atomic mass is 10.3. The van der Waals surface area contributed by atoms with Crippen molar-refractivity contribution in [1.29, 1.82) is 0 Å². The monoisotopic (exact) mass is 300 g/mol. The maximum absolute atomic E-state index is 11.5. The van der Waals surface area contributed by atoms with Crippen LogP contribution in [0, 0.1) is 0 Å². The van der Waals surface area contributed by atoms with Gasteiger partial charge in [0.1, 0.15) is 0 Å². The fourth-order valence-electron chi connectivity index (χ4n) is 1.23. The molecule has 0 aromatic heterocycles. The molecule has 0 spiro atoms. The molecular formula is C12H17BrN2O2. The second-order valence-electron chi connectivity index (χ2n) is 3.43. The zero-order valence-corrected chi connectivity index (χ0v) is 11.4. The molecule has 2 N–H and O–H groups in total. The Labute approximate surface area is 110 Å². The van der Waals surface area contributed by atoms with Crippen molar-refractivity contribution in [3.63, 3.8) is 0 Å². The zero-order valence-electron chi connectivity index (χ0n) is 9.83. The topological polar surface area (TPSA) is 50.4 Å². The lowest BCUT2D eigenvalue weighted by molar-refractivity contribution is -0.115. The third-order valence-electron chi connectivity index (χ3n) is 2.04. The van der Waals surface area contributed by atoms with Crippen LogP contribution in [0.4, 0.5) is 5.69 Å². The van der Waals surface area contributed by atoms with E-state index in [1.807, 2.05) is 31.2 Å². The fourth-order valence-corrected chi connectivity index (χ4v) is 1.49. The highest BCUT2D eigenvalue weighted by atomic mass is 79.9. The van der Waals surface area contributed by atoms with Gasteiger partial charge in [-0.1, -0.05) is 15.9 Å². The minimum absolute atomic E-state index is 0.0520. The maximum atomic E-state index is 11.5. The summed E-state index contributed by atoms with van der Waals surface area (Å²) in [4.78, 5) is 11.5. The van der Waals surface area contributed by atoms with E-state index >= 15 is 0 Å². The molecule has 1 aromatic rings. The van der Waals surface area contributed by atoms with Gasteiger partial charge in [-0.15, -0.1) is 0 Å². The molecule has 0 saturated carbocycles. The lowest BCUT2D eigenvalue weighted by Crippen LogP contribution is -2.30. The Balaban J connectivity index is 2.18. The molecule has 0 fully saturated rings. The van der Waals surface area contributed by atoms with Crippen molar-refractivity contribution in [1.82, 2.24) is 5.32 Å². The van der Waals surface area contributed by atoms with E-state index in [-0.39, 0.29) is 5.91 Å². The minimum atomic E-state index is -0.0520. The predicted octanol–water partition coefficient (Wildman–Crippen LogP) is 2.01. The highest BCUT2D eigenvalue weighted by Crippen LogP contribution is 2.13. The molecule has 0 bridgehead atoms. The molecule has 5 heteroatoms. The first-order chi connectivity index (χ1) is 8.22. The summed E-state index contributed by atoms with van der Waals surface area (Å²) in [5.74, 6) is -0.0520. The number of carbonyl (C=O) groups excluding carboxylic acids is 1. The van der Waals surface area contributed by atoms with E-state index in [2.05, 4.69) is 26.6 Å². The molecule has 0 atom stereocenters. The van der Waals surface area contributed by atoms with Gasteiger partial charge in [-0.2, -0.15) is 0 Å². The van der Waals surface area contributed by atoms with Gasteiger partial charge in [0, 0.05) is 23.3 Å². The second kappa shape index (κ2) is 8.22. The molecule has 0 aliphatic rings. The number of ether oxygens (including phenoxy) is 1. The van der Waals surface area contributed by atoms with Gasteiger partial charge in [0.25, 0.3) is 0 Å². The summed E-state index contributed by atoms with van der Waals surface area (Å²) in [5.41, 5.74) is 0.796. The van der Waals surface area contributed by atoms with Crippen molar-refractivity contribution in [2.45, 2.75) is 6.92 Å². The van der Waals surface area contributed by atoms with Crippen LogP contribution in [0.2, 0.25) is 0 Å². The van der Waals surface area contributed by atoms with Crippen LogP contribution in [0.3, 0.4) is 0 Å². The molecule has 0 aliphatic heterocycles. The van der Waals surface area contributed by atoms with E-state index in [0.717, 1.165) is 10.2 Å². The summed E-state index contributed by atoms with van der Waals surface area (Å²) >= 11 is 3.34. The summed E-state index contributed by atoms with van der Waals surface area (Å²) in [6, 6.07) is 7.47. The third kappa shape index (κ3) is 6.41. The van der Waals surface area contributed by atoms with E-state index in [4.69, 9.17) is 4.74 Å². The van der Waals surface area contributed by atoms with Crippen LogP contribution in [0.5, 0.6) is 0 Å². The van der Waals surface area contributed by atoms with Crippen LogP contribution in [0.15, 0.2) is 28.7 Å². The summed E-state index contributed by atoms with van der Waals surface area (Å²) < 4.78 is 6.14. The van der Waals surface area contributed by atoms with E-state index in [9.17, 15) is 4.79 Å². The molecule has 94 valence electrons. The first-order valence-corrected chi connectivity index (χ1v) is 6.35. The molecular weight excluding hydrogens is 284 g/mol. The van der Waals surface area contributed by atoms with Crippen molar-refractivity contribution in [2.75, 3.05) is 31.6 Å². The Morgan fingerprint density at radius 1 is 1.35 bits per heavy atom. The molecule has 1 aromatic carbocycles. The van der Waals surface area contributed by atoms with Crippen molar-refractivity contribution in [3.05, 3.63) is 28.7 Å². The Kier molecular flexibility index (Phi) is 6.84. The van der Waals surface area contributed by atoms with Crippen LogP contribution in [0.25, 0.3) is 0 Å². The van der Waals surface area contributed by atoms with E-state index in [1.165, 1.54) is 0 Å². The van der Waals surface area contributed by atoms with Crippen LogP contribution in [-0.2, 0) is 9.53 Å². The van der Waals surface area contributed by atoms with Crippen molar-refractivity contribution in [3.8, 4) is 0 Å². The molecule has 0 radical (unpaired) electrons. The fraction of sp³-hybridized carbons (Fsp3) is 0.417. The molecule has 0 unspecified atom stereocenters. The van der Waals surface area contributed by atoms with Crippen molar-refractivity contribution < 1.29 is 9.53 Å². The standard InChI is InChI=1S/C12H17BrN2O2/c1-2-17-8-7-14-9-12(16)15-11-5-3-10(13)4-6-11/h3-6,14H,2,7-9H2,1H3,(H,15,16). The van der Waals surface area contributed by atoms with Gasteiger partial charge >= 0.3 is 0 Å². The summed E-state index contributed by atoms with van der Waals surface area (Å²) in [6.07, 6.45) is 0. The number of anilines is 1. The molecule has 1 rings (SSSR count). The van der Waals surface area contributed by atoms with Gasteiger partial charge in [0.05, 0.1) is 13.2 Å². The molecule has 1 amide bonds. The van der Waals surface area contributed by atoms with E-state index in [1.54, 1.807) is 0 Å². The minimum Gasteiger partial charge on any atom is -0.380 e. The number of nitrogens with one attached hydrogen (secondary N) is 2. The Bertz CT molecular complexity index is 341. The molecule has 0 heterocycles. The van der Waals surface area contributed by atoms with Crippen LogP contribution in [0.1, 0.15) is 6.92 Å². The second-order valence-corrected chi connectivity index (χ2v) is 4.34. The molecule has 0 aliphatic carbocycles. The van der Waals surface area contributed by atoms with Gasteiger partial charge in [-0.05, 0) is 31.2 Å². The molecule has 17 heavy (non-hydrogen) atoms. The number of amides is 1. The normalized spacial score (nSPS) is 10.2. The van der Waals surface area contributed by atoms with Gasteiger partial charge in [0.15, 0.2) is 0 Å². The number of rotatable bonds is 7. The molecule has 4 nitrogen and oxygen atoms in total. The lowest BCUT2D eigenvalue weighted by Gasteiger charge is -2.06. The number of carbonyl (C=O) groups is 1. The smallest absolute Gasteiger partial charge is 0.238 e. The number of halogens is 1. The number of hydrogen-bond acceptors (Lipinski definition) is 3. The van der Waals surface area contributed by atoms with Crippen molar-refractivity contribution in [2.24, 2.45) is 0 Å². The number of benzene rings is 1. The quantitative estimate of drug-likeness (QED) is 0.758. The van der Waals surface area contributed by atoms with Gasteiger partial charge in [0.2, 0.25) is 5.91 Å². The first kappa shape index (κ1) is 14.2. The van der Waals surface area contributed by atoms with E-state index in [0.29, 0.717) is 26.3 Å². The largest absolute Gasteiger partial charge is 0.380 e.